The second-order valence-corrected chi connectivity index (χ2v) is 9.76. The number of benzene rings is 1. The molecule has 8 heteroatoms. The van der Waals surface area contributed by atoms with Crippen LogP contribution in [-0.2, 0) is 9.53 Å². The number of ether oxygens (including phenoxy) is 2. The third kappa shape index (κ3) is 4.53. The van der Waals surface area contributed by atoms with Crippen LogP contribution in [0.25, 0.3) is 0 Å². The maximum atomic E-state index is 13.9. The first kappa shape index (κ1) is 22.1. The monoisotopic (exact) mass is 454 g/mol. The highest BCUT2D eigenvalue weighted by molar-refractivity contribution is 5.82. The Balaban J connectivity index is 1.14. The number of halogens is 1. The van der Waals surface area contributed by atoms with E-state index in [-0.39, 0.29) is 34.6 Å². The number of amides is 1. The van der Waals surface area contributed by atoms with Crippen LogP contribution in [0.3, 0.4) is 0 Å². The van der Waals surface area contributed by atoms with Gasteiger partial charge in [-0.15, -0.1) is 0 Å². The summed E-state index contributed by atoms with van der Waals surface area (Å²) in [4.78, 5) is 26.3. The normalized spacial score (nSPS) is 24.1. The lowest BCUT2D eigenvalue weighted by Crippen LogP contribution is -2.53. The molecule has 0 radical (unpaired) electrons. The van der Waals surface area contributed by atoms with Gasteiger partial charge in [-0.25, -0.2) is 14.4 Å². The van der Waals surface area contributed by atoms with Crippen LogP contribution in [0.2, 0.25) is 0 Å². The van der Waals surface area contributed by atoms with Crippen LogP contribution in [0, 0.1) is 11.2 Å². The number of anilines is 1. The van der Waals surface area contributed by atoms with E-state index in [2.05, 4.69) is 21.8 Å². The summed E-state index contributed by atoms with van der Waals surface area (Å²) >= 11 is 0. The topological polar surface area (TPSA) is 67.8 Å². The lowest BCUT2D eigenvalue weighted by atomic mass is 9.78. The van der Waals surface area contributed by atoms with Crippen molar-refractivity contribution < 1.29 is 18.7 Å². The fourth-order valence-corrected chi connectivity index (χ4v) is 5.31. The fraction of sp³-hybridized carbons (Fsp3) is 0.560. The molecule has 2 aromatic rings. The van der Waals surface area contributed by atoms with Gasteiger partial charge in [-0.2, -0.15) is 0 Å². The Morgan fingerprint density at radius 3 is 2.45 bits per heavy atom. The second kappa shape index (κ2) is 8.89. The van der Waals surface area contributed by atoms with E-state index in [1.54, 1.807) is 30.6 Å². The van der Waals surface area contributed by atoms with Crippen molar-refractivity contribution in [2.45, 2.75) is 50.7 Å². The van der Waals surface area contributed by atoms with Gasteiger partial charge in [0.2, 0.25) is 11.9 Å². The predicted molar refractivity (Wildman–Crippen MR) is 122 cm³/mol. The molecule has 0 bridgehead atoms. The van der Waals surface area contributed by atoms with Crippen LogP contribution in [0.4, 0.5) is 10.3 Å². The maximum absolute atomic E-state index is 13.9. The molecule has 1 atom stereocenters. The van der Waals surface area contributed by atoms with Crippen LogP contribution in [0.15, 0.2) is 42.7 Å². The number of likely N-dealkylation sites (tertiary alicyclic amines) is 1. The Morgan fingerprint density at radius 2 is 1.76 bits per heavy atom. The standard InChI is InChI=1S/C25H31FN4O3/c1-24(7-13-30(14-8-24)23-27-11-4-12-28-23)22(31)29-15-9-25(10-16-29)17-19(18-32-25)33-21-6-3-2-5-20(21)26/h2-6,11-12,19H,7-10,13-18H2,1H3/t19-/m1/s1. The first-order valence-electron chi connectivity index (χ1n) is 11.8. The van der Waals surface area contributed by atoms with Crippen LogP contribution in [0.5, 0.6) is 5.75 Å². The van der Waals surface area contributed by atoms with Crippen LogP contribution >= 0.6 is 0 Å². The number of para-hydroxylation sites is 1. The minimum Gasteiger partial charge on any atom is -0.485 e. The molecular weight excluding hydrogens is 423 g/mol. The zero-order valence-corrected chi connectivity index (χ0v) is 19.1. The molecule has 0 N–H and O–H groups in total. The van der Waals surface area contributed by atoms with Gasteiger partial charge in [0, 0.05) is 50.4 Å². The van der Waals surface area contributed by atoms with Gasteiger partial charge < -0.3 is 19.3 Å². The number of carbonyl (C=O) groups is 1. The molecule has 7 nitrogen and oxygen atoms in total. The SMILES string of the molecule is CC1(C(=O)N2CCC3(CC2)C[C@@H](Oc2ccccc2F)CO3)CCN(c2ncccn2)CC1. The van der Waals surface area contributed by atoms with Crippen molar-refractivity contribution in [2.24, 2.45) is 5.41 Å². The van der Waals surface area contributed by atoms with Crippen molar-refractivity contribution in [3.05, 3.63) is 48.5 Å². The highest BCUT2D eigenvalue weighted by Gasteiger charge is 2.47. The summed E-state index contributed by atoms with van der Waals surface area (Å²) in [6, 6.07) is 8.29. The van der Waals surface area contributed by atoms with Gasteiger partial charge in [0.05, 0.1) is 12.2 Å². The molecule has 1 aromatic heterocycles. The van der Waals surface area contributed by atoms with Gasteiger partial charge in [-0.3, -0.25) is 4.79 Å². The zero-order chi connectivity index (χ0) is 22.9. The number of hydrogen-bond donors (Lipinski definition) is 0. The van der Waals surface area contributed by atoms with Crippen molar-refractivity contribution in [3.63, 3.8) is 0 Å². The van der Waals surface area contributed by atoms with Gasteiger partial charge in [0.15, 0.2) is 11.6 Å². The number of carbonyl (C=O) groups excluding carboxylic acids is 1. The van der Waals surface area contributed by atoms with Crippen molar-refractivity contribution in [1.29, 1.82) is 0 Å². The second-order valence-electron chi connectivity index (χ2n) is 9.76. The molecule has 4 heterocycles. The molecule has 3 fully saturated rings. The molecule has 33 heavy (non-hydrogen) atoms. The molecule has 0 unspecified atom stereocenters. The summed E-state index contributed by atoms with van der Waals surface area (Å²) < 4.78 is 26.0. The largest absolute Gasteiger partial charge is 0.485 e. The molecule has 3 aliphatic rings. The Labute approximate surface area is 193 Å². The highest BCUT2D eigenvalue weighted by Crippen LogP contribution is 2.40. The van der Waals surface area contributed by atoms with E-state index in [0.29, 0.717) is 19.7 Å². The smallest absolute Gasteiger partial charge is 0.228 e. The quantitative estimate of drug-likeness (QED) is 0.705. The summed E-state index contributed by atoms with van der Waals surface area (Å²) in [5.74, 6) is 0.897. The average molecular weight is 455 g/mol. The molecule has 3 aliphatic heterocycles. The van der Waals surface area contributed by atoms with Crippen molar-refractivity contribution in [3.8, 4) is 5.75 Å². The van der Waals surface area contributed by atoms with Gasteiger partial charge in [-0.05, 0) is 43.9 Å². The van der Waals surface area contributed by atoms with Gasteiger partial charge >= 0.3 is 0 Å². The van der Waals surface area contributed by atoms with E-state index in [1.165, 1.54) is 6.07 Å². The minimum atomic E-state index is -0.358. The van der Waals surface area contributed by atoms with Crippen molar-refractivity contribution >= 4 is 11.9 Å². The van der Waals surface area contributed by atoms with Gasteiger partial charge in [-0.1, -0.05) is 19.1 Å². The van der Waals surface area contributed by atoms with Crippen molar-refractivity contribution in [2.75, 3.05) is 37.7 Å². The Kier molecular flexibility index (Phi) is 5.95. The summed E-state index contributed by atoms with van der Waals surface area (Å²) in [6.07, 6.45) is 7.23. The third-order valence-corrected chi connectivity index (χ3v) is 7.49. The first-order chi connectivity index (χ1) is 16.0. The highest BCUT2D eigenvalue weighted by atomic mass is 19.1. The summed E-state index contributed by atoms with van der Waals surface area (Å²) in [5, 5.41) is 0. The summed E-state index contributed by atoms with van der Waals surface area (Å²) in [5.41, 5.74) is -0.635. The maximum Gasteiger partial charge on any atom is 0.228 e. The molecule has 3 saturated heterocycles. The molecule has 0 saturated carbocycles. The van der Waals surface area contributed by atoms with E-state index in [9.17, 15) is 9.18 Å². The Bertz CT molecular complexity index is 973. The van der Waals surface area contributed by atoms with Gasteiger partial charge in [0.1, 0.15) is 6.10 Å². The molecule has 1 spiro atoms. The van der Waals surface area contributed by atoms with E-state index in [1.807, 2.05) is 11.0 Å². The van der Waals surface area contributed by atoms with E-state index in [4.69, 9.17) is 9.47 Å². The van der Waals surface area contributed by atoms with Crippen LogP contribution in [0.1, 0.15) is 39.0 Å². The van der Waals surface area contributed by atoms with Crippen molar-refractivity contribution in [1.82, 2.24) is 14.9 Å². The molecule has 1 amide bonds. The number of hydrogen-bond acceptors (Lipinski definition) is 6. The van der Waals surface area contributed by atoms with Crippen LogP contribution in [-0.4, -0.2) is 65.3 Å². The number of nitrogens with zero attached hydrogens (tertiary/aromatic N) is 4. The molecule has 0 aliphatic carbocycles. The van der Waals surface area contributed by atoms with E-state index < -0.39 is 0 Å². The number of aromatic nitrogens is 2. The Hall–Kier alpha value is -2.74. The minimum absolute atomic E-state index is 0.161. The molecule has 5 rings (SSSR count). The van der Waals surface area contributed by atoms with E-state index in [0.717, 1.165) is 51.1 Å². The summed E-state index contributed by atoms with van der Waals surface area (Å²) in [7, 11) is 0. The van der Waals surface area contributed by atoms with E-state index >= 15 is 0 Å². The lowest BCUT2D eigenvalue weighted by Gasteiger charge is -2.44. The Morgan fingerprint density at radius 1 is 1.06 bits per heavy atom. The summed E-state index contributed by atoms with van der Waals surface area (Å²) in [6.45, 7) is 5.48. The first-order valence-corrected chi connectivity index (χ1v) is 11.8. The fourth-order valence-electron chi connectivity index (χ4n) is 5.31. The average Bonchev–Trinajstić information content (AvgIpc) is 3.23. The predicted octanol–water partition coefficient (Wildman–Crippen LogP) is 3.45. The number of piperidine rings is 2. The van der Waals surface area contributed by atoms with Crippen LogP contribution < -0.4 is 9.64 Å². The third-order valence-electron chi connectivity index (χ3n) is 7.49. The molecule has 1 aromatic carbocycles. The number of rotatable bonds is 4. The molecule has 176 valence electrons. The molecular formula is C25H31FN4O3. The lowest BCUT2D eigenvalue weighted by molar-refractivity contribution is -0.147. The van der Waals surface area contributed by atoms with Gasteiger partial charge in [0.25, 0.3) is 0 Å². The zero-order valence-electron chi connectivity index (χ0n) is 19.1.